The highest BCUT2D eigenvalue weighted by Gasteiger charge is 2.51. The normalized spacial score (nSPS) is 29.1. The summed E-state index contributed by atoms with van der Waals surface area (Å²) in [5.74, 6) is -16.0. The third-order valence-corrected chi connectivity index (χ3v) is 18.4. The fourth-order valence-corrected chi connectivity index (χ4v) is 12.9. The van der Waals surface area contributed by atoms with Crippen molar-refractivity contribution < 1.29 is 118 Å². The molecule has 7 heterocycles. The average molecular weight is 1490 g/mol. The second-order valence-corrected chi connectivity index (χ2v) is 26.5. The number of phenolic OH excluding ortho intramolecular Hbond substituents is 3. The van der Waals surface area contributed by atoms with Gasteiger partial charge in [-0.3, -0.25) is 33.6 Å². The van der Waals surface area contributed by atoms with E-state index >= 15 is 14.4 Å². The molecule has 0 aliphatic carbocycles. The minimum atomic E-state index is -2.35. The molecular weight excluding hydrogens is 1410 g/mol. The van der Waals surface area contributed by atoms with Crippen molar-refractivity contribution in [1.29, 1.82) is 0 Å². The first kappa shape index (κ1) is 77.3. The highest BCUT2D eigenvalue weighted by atomic mass is 35.5. The standard InChI is InChI=1S/C66H75Cl2N9O24.ClH/c1-23(2)12-34(71-5)58(88)76-49-51(83)26-7-10-38(32(67)14-26)97-40-16-28-17-41(55(40)101-65-56(54(86)53(85)42(22-78)99-65)100-44-21-66(4,70)57(87)24(3)96-44)98-39-11-8-27(15-33(39)68)52(84)50-63(93)75-48(64(94)95)31-18-29(79)19-37(81)45(31)30-13-25(6-9-36(30)80)46(60(90)77-50)74-61(91)47(28)73-59(89)35(20-43(69)82)72-62(49)92;/h6-11,13-19,23-24,34-35,42,44,46-54,56-57,65,71,78-81,83-87H,12,20-22,70H2,1-5H3,(H2,69,82)(H,72,92)(H,73,89)(H,74,91)(H,75,93)(H,76,88)(H,77,90)(H,94,95);1H/t24-,34+,35?,42?,44-,46+,47+,48-,49+,50-,51+,52+,53+,54-,56+,57+,65-,66-;/m0./s1. The quantitative estimate of drug-likeness (QED) is 0.0764. The molecule has 550 valence electrons. The highest BCUT2D eigenvalue weighted by molar-refractivity contribution is 6.32. The Morgan fingerprint density at radius 2 is 1.31 bits per heavy atom. The molecule has 36 heteroatoms. The van der Waals surface area contributed by atoms with E-state index in [4.69, 9.17) is 63.1 Å². The maximum atomic E-state index is 16.0. The molecule has 102 heavy (non-hydrogen) atoms. The number of aliphatic carboxylic acids is 1. The Bertz CT molecular complexity index is 4080. The number of fused-ring (bicyclic) bond motifs is 15. The number of carbonyl (C=O) groups excluding carboxylic acids is 7. The zero-order valence-corrected chi connectivity index (χ0v) is 57.1. The van der Waals surface area contributed by atoms with Gasteiger partial charge in [0.15, 0.2) is 29.9 Å². The van der Waals surface area contributed by atoms with Crippen LogP contribution in [0.15, 0.2) is 78.9 Å². The molecule has 2 saturated heterocycles. The van der Waals surface area contributed by atoms with E-state index in [0.717, 1.165) is 66.7 Å². The fourth-order valence-electron chi connectivity index (χ4n) is 12.5. The lowest BCUT2D eigenvalue weighted by atomic mass is 9.86. The fraction of sp³-hybridized carbons (Fsp3) is 0.424. The molecule has 18 atom stereocenters. The Kier molecular flexibility index (Phi) is 23.8. The van der Waals surface area contributed by atoms with E-state index in [0.29, 0.717) is 0 Å². The Hall–Kier alpha value is -8.91. The molecule has 33 nitrogen and oxygen atoms in total. The Labute approximate surface area is 596 Å². The van der Waals surface area contributed by atoms with Gasteiger partial charge in [-0.1, -0.05) is 55.2 Å². The summed E-state index contributed by atoms with van der Waals surface area (Å²) in [6.45, 7) is 5.66. The van der Waals surface area contributed by atoms with Gasteiger partial charge in [0.1, 0.15) is 89.5 Å². The van der Waals surface area contributed by atoms with Gasteiger partial charge in [-0.15, -0.1) is 12.4 Å². The number of benzene rings is 5. The number of ether oxygens (including phenoxy) is 6. The molecule has 2 unspecified atom stereocenters. The number of aromatic hydroxyl groups is 3. The molecule has 12 rings (SSSR count). The summed E-state index contributed by atoms with van der Waals surface area (Å²) in [7, 11) is 1.47. The Balaban J connectivity index is 0.0000121. The van der Waals surface area contributed by atoms with Gasteiger partial charge in [-0.05, 0) is 110 Å². The van der Waals surface area contributed by atoms with Gasteiger partial charge in [-0.2, -0.15) is 0 Å². The molecule has 0 spiro atoms. The van der Waals surface area contributed by atoms with Crippen LogP contribution in [-0.4, -0.2) is 191 Å². The first-order valence-corrected chi connectivity index (χ1v) is 32.4. The van der Waals surface area contributed by atoms with Gasteiger partial charge in [0.25, 0.3) is 0 Å². The molecule has 21 N–H and O–H groups in total. The number of hydrogen-bond acceptors (Lipinski definition) is 25. The third kappa shape index (κ3) is 16.3. The van der Waals surface area contributed by atoms with E-state index in [1.807, 2.05) is 13.8 Å². The molecule has 7 aliphatic heterocycles. The summed E-state index contributed by atoms with van der Waals surface area (Å²) in [6, 6.07) is -0.679. The number of nitrogens with one attached hydrogen (secondary N) is 7. The van der Waals surface area contributed by atoms with Crippen molar-refractivity contribution in [2.75, 3.05) is 13.7 Å². The molecule has 0 aromatic heterocycles. The van der Waals surface area contributed by atoms with Crippen LogP contribution in [0.2, 0.25) is 10.0 Å². The van der Waals surface area contributed by atoms with Crippen LogP contribution < -0.4 is 62.9 Å². The number of aliphatic hydroxyl groups excluding tert-OH is 6. The van der Waals surface area contributed by atoms with Crippen LogP contribution in [0.4, 0.5) is 0 Å². The predicted molar refractivity (Wildman–Crippen MR) is 357 cm³/mol. The summed E-state index contributed by atoms with van der Waals surface area (Å²) < 4.78 is 38.3. The number of aliphatic hydroxyl groups is 6. The summed E-state index contributed by atoms with van der Waals surface area (Å²) >= 11 is 14.1. The number of hydrogen-bond donors (Lipinski definition) is 19. The molecule has 11 bridgehead atoms. The van der Waals surface area contributed by atoms with E-state index in [9.17, 15) is 75.0 Å². The van der Waals surface area contributed by atoms with Crippen LogP contribution in [0, 0.1) is 5.92 Å². The SMILES string of the molecule is CN[C@H](CC(C)C)C(=O)N[C@H]1C(=O)NC(CC(N)=O)C(=O)N[C@H]2C(=O)N[C@H]3C(=O)N[C@H](C(=O)N[C@H](C(=O)O)c4cc(O)cc(O)c4-c4cc3ccc4O)[C@H](O)c3ccc(c(Cl)c3)Oc3cc2cc(c3O[C@@H]2OC(CO)[C@@H](O)[C@H](O)[C@H]2O[C@H]2C[C@](C)(N)[C@H](O)[C@H](C)O2)Oc2ccc(cc2Cl)[C@H]1O.Cl. The Morgan fingerprint density at radius 3 is 1.89 bits per heavy atom. The van der Waals surface area contributed by atoms with Gasteiger partial charge < -0.3 is 128 Å². The number of carboxylic acids is 1. The summed E-state index contributed by atoms with van der Waals surface area (Å²) in [5.41, 5.74) is 8.00. The molecule has 5 aromatic carbocycles. The summed E-state index contributed by atoms with van der Waals surface area (Å²) in [4.78, 5) is 117. The van der Waals surface area contributed by atoms with Crippen LogP contribution in [0.3, 0.4) is 0 Å². The number of amides is 7. The lowest BCUT2D eigenvalue weighted by Gasteiger charge is -2.47. The zero-order valence-electron chi connectivity index (χ0n) is 54.7. The number of phenols is 3. The van der Waals surface area contributed by atoms with E-state index < -0.39 is 237 Å². The van der Waals surface area contributed by atoms with Crippen LogP contribution in [0.1, 0.15) is 105 Å². The van der Waals surface area contributed by atoms with Gasteiger partial charge in [0.2, 0.25) is 53.4 Å². The second kappa shape index (κ2) is 31.4. The maximum Gasteiger partial charge on any atom is 0.330 e. The average Bonchev–Trinajstić information content (AvgIpc) is 0.773. The van der Waals surface area contributed by atoms with Crippen molar-refractivity contribution in [3.63, 3.8) is 0 Å². The topological polar surface area (TPSA) is 530 Å². The van der Waals surface area contributed by atoms with Gasteiger partial charge in [0.05, 0.1) is 41.3 Å². The molecular formula is C66H76Cl3N9O24. The number of carbonyl (C=O) groups is 8. The Morgan fingerprint density at radius 1 is 0.716 bits per heavy atom. The zero-order chi connectivity index (χ0) is 73.5. The van der Waals surface area contributed by atoms with Crippen LogP contribution in [-0.2, 0) is 52.6 Å². The minimum Gasteiger partial charge on any atom is -0.508 e. The van der Waals surface area contributed by atoms with Crippen LogP contribution in [0.5, 0.6) is 46.0 Å². The smallest absolute Gasteiger partial charge is 0.330 e. The van der Waals surface area contributed by atoms with Crippen molar-refractivity contribution >= 4 is 82.9 Å². The minimum absolute atomic E-state index is 0. The van der Waals surface area contributed by atoms with Crippen molar-refractivity contribution in [2.24, 2.45) is 17.4 Å². The van der Waals surface area contributed by atoms with Crippen LogP contribution >= 0.6 is 35.6 Å². The second-order valence-electron chi connectivity index (χ2n) is 25.7. The van der Waals surface area contributed by atoms with Gasteiger partial charge in [0, 0.05) is 34.7 Å². The third-order valence-electron chi connectivity index (χ3n) is 17.8. The summed E-state index contributed by atoms with van der Waals surface area (Å²) in [5, 5.41) is 131. The molecule has 0 saturated carbocycles. The van der Waals surface area contributed by atoms with E-state index in [1.165, 1.54) is 33.0 Å². The lowest BCUT2D eigenvalue weighted by molar-refractivity contribution is -0.333. The largest absolute Gasteiger partial charge is 0.508 e. The highest BCUT2D eigenvalue weighted by Crippen LogP contribution is 2.50. The molecule has 7 aliphatic rings. The van der Waals surface area contributed by atoms with Crippen molar-refractivity contribution in [2.45, 2.75) is 156 Å². The predicted octanol–water partition coefficient (Wildman–Crippen LogP) is 0.528. The van der Waals surface area contributed by atoms with Gasteiger partial charge in [-0.25, -0.2) is 4.79 Å². The number of nitrogens with two attached hydrogens (primary N) is 2. The molecule has 5 aromatic rings. The van der Waals surface area contributed by atoms with Crippen molar-refractivity contribution in [3.05, 3.63) is 117 Å². The lowest BCUT2D eigenvalue weighted by Crippen LogP contribution is -2.64. The number of likely N-dealkylation sites (N-methyl/N-ethyl adjacent to an activating group) is 1. The monoisotopic (exact) mass is 1480 g/mol. The first-order valence-electron chi connectivity index (χ1n) is 31.6. The van der Waals surface area contributed by atoms with Crippen LogP contribution in [0.25, 0.3) is 11.1 Å². The van der Waals surface area contributed by atoms with Crippen molar-refractivity contribution in [3.8, 4) is 57.1 Å². The molecule has 7 amide bonds. The summed E-state index contributed by atoms with van der Waals surface area (Å²) in [6.07, 6.45) is -18.6. The maximum absolute atomic E-state index is 16.0. The molecule has 0 radical (unpaired) electrons. The number of carboxylic acid groups (broad SMARTS) is 1. The first-order chi connectivity index (χ1) is 47.7. The number of primary amides is 1. The van der Waals surface area contributed by atoms with E-state index in [2.05, 4.69) is 37.2 Å². The van der Waals surface area contributed by atoms with Crippen molar-refractivity contribution in [1.82, 2.24) is 37.2 Å². The number of rotatable bonds is 13. The van der Waals surface area contributed by atoms with E-state index in [1.54, 1.807) is 0 Å². The number of halogens is 3. The van der Waals surface area contributed by atoms with E-state index in [-0.39, 0.29) is 58.6 Å². The molecule has 2 fully saturated rings. The van der Waals surface area contributed by atoms with Gasteiger partial charge >= 0.3 is 5.97 Å².